The van der Waals surface area contributed by atoms with Crippen LogP contribution in [-0.4, -0.2) is 30.5 Å². The summed E-state index contributed by atoms with van der Waals surface area (Å²) >= 11 is 1.78. The molecule has 0 saturated carbocycles. The van der Waals surface area contributed by atoms with E-state index in [4.69, 9.17) is 0 Å². The summed E-state index contributed by atoms with van der Waals surface area (Å²) in [6, 6.07) is 0.505. The van der Waals surface area contributed by atoms with Crippen LogP contribution in [0.5, 0.6) is 0 Å². The Labute approximate surface area is 95.5 Å². The SMILES string of the molecule is CN(C)Cc1nc(C2CCCCN2)cs1. The van der Waals surface area contributed by atoms with E-state index in [2.05, 4.69) is 34.7 Å². The van der Waals surface area contributed by atoms with Crippen molar-refractivity contribution in [1.82, 2.24) is 15.2 Å². The van der Waals surface area contributed by atoms with Crippen LogP contribution < -0.4 is 5.32 Å². The Morgan fingerprint density at radius 2 is 2.40 bits per heavy atom. The third kappa shape index (κ3) is 3.00. The summed E-state index contributed by atoms with van der Waals surface area (Å²) in [6.45, 7) is 2.10. The first-order valence-corrected chi connectivity index (χ1v) is 6.46. The van der Waals surface area contributed by atoms with E-state index < -0.39 is 0 Å². The molecule has 2 heterocycles. The summed E-state index contributed by atoms with van der Waals surface area (Å²) in [5.74, 6) is 0. The minimum atomic E-state index is 0.505. The summed E-state index contributed by atoms with van der Waals surface area (Å²) in [5, 5.41) is 6.97. The smallest absolute Gasteiger partial charge is 0.107 e. The quantitative estimate of drug-likeness (QED) is 0.853. The van der Waals surface area contributed by atoms with Gasteiger partial charge < -0.3 is 10.2 Å². The fraction of sp³-hybridized carbons (Fsp3) is 0.727. The second kappa shape index (κ2) is 5.05. The number of hydrogen-bond donors (Lipinski definition) is 1. The Bertz CT molecular complexity index is 303. The van der Waals surface area contributed by atoms with Crippen molar-refractivity contribution in [3.05, 3.63) is 16.1 Å². The first kappa shape index (κ1) is 11.0. The highest BCUT2D eigenvalue weighted by molar-refractivity contribution is 7.09. The Morgan fingerprint density at radius 1 is 1.53 bits per heavy atom. The van der Waals surface area contributed by atoms with E-state index in [0.29, 0.717) is 6.04 Å². The van der Waals surface area contributed by atoms with Crippen molar-refractivity contribution in [2.24, 2.45) is 0 Å². The highest BCUT2D eigenvalue weighted by Gasteiger charge is 2.17. The van der Waals surface area contributed by atoms with Gasteiger partial charge >= 0.3 is 0 Å². The molecule has 0 aliphatic carbocycles. The maximum absolute atomic E-state index is 4.69. The van der Waals surface area contributed by atoms with Gasteiger partial charge in [0.2, 0.25) is 0 Å². The van der Waals surface area contributed by atoms with Gasteiger partial charge in [-0.25, -0.2) is 4.98 Å². The van der Waals surface area contributed by atoms with Crippen LogP contribution in [0.2, 0.25) is 0 Å². The van der Waals surface area contributed by atoms with Gasteiger partial charge in [0.15, 0.2) is 0 Å². The normalized spacial score (nSPS) is 22.2. The number of nitrogens with one attached hydrogen (secondary N) is 1. The predicted octanol–water partition coefficient (Wildman–Crippen LogP) is 2.02. The van der Waals surface area contributed by atoms with Gasteiger partial charge in [-0.2, -0.15) is 0 Å². The molecule has 1 saturated heterocycles. The molecular formula is C11H19N3S. The van der Waals surface area contributed by atoms with Gasteiger partial charge in [0.05, 0.1) is 11.7 Å². The second-order valence-electron chi connectivity index (χ2n) is 4.41. The topological polar surface area (TPSA) is 28.2 Å². The highest BCUT2D eigenvalue weighted by Crippen LogP contribution is 2.24. The zero-order valence-electron chi connectivity index (χ0n) is 9.49. The first-order chi connectivity index (χ1) is 7.25. The average molecular weight is 225 g/mol. The number of hydrogen-bond acceptors (Lipinski definition) is 4. The van der Waals surface area contributed by atoms with Crippen LogP contribution >= 0.6 is 11.3 Å². The molecule has 84 valence electrons. The number of piperidine rings is 1. The third-order valence-corrected chi connectivity index (χ3v) is 3.54. The lowest BCUT2D eigenvalue weighted by Gasteiger charge is -2.21. The van der Waals surface area contributed by atoms with Crippen molar-refractivity contribution >= 4 is 11.3 Å². The van der Waals surface area contributed by atoms with E-state index >= 15 is 0 Å². The number of rotatable bonds is 3. The van der Waals surface area contributed by atoms with Crippen LogP contribution in [0.3, 0.4) is 0 Å². The summed E-state index contributed by atoms with van der Waals surface area (Å²) in [7, 11) is 4.17. The summed E-state index contributed by atoms with van der Waals surface area (Å²) in [5.41, 5.74) is 1.25. The molecule has 0 spiro atoms. The molecule has 1 N–H and O–H groups in total. The number of nitrogens with zero attached hydrogens (tertiary/aromatic N) is 2. The van der Waals surface area contributed by atoms with Crippen LogP contribution in [0.25, 0.3) is 0 Å². The standard InChI is InChI=1S/C11H19N3S/c1-14(2)7-11-13-10(8-15-11)9-5-3-4-6-12-9/h8-9,12H,3-7H2,1-2H3. The molecule has 0 radical (unpaired) electrons. The molecule has 1 unspecified atom stereocenters. The minimum absolute atomic E-state index is 0.505. The predicted molar refractivity (Wildman–Crippen MR) is 64.1 cm³/mol. The Morgan fingerprint density at radius 3 is 3.07 bits per heavy atom. The van der Waals surface area contributed by atoms with Crippen molar-refractivity contribution < 1.29 is 0 Å². The largest absolute Gasteiger partial charge is 0.309 e. The lowest BCUT2D eigenvalue weighted by atomic mass is 10.0. The molecule has 1 atom stereocenters. The molecule has 1 aromatic rings. The Balaban J connectivity index is 1.99. The zero-order chi connectivity index (χ0) is 10.7. The maximum Gasteiger partial charge on any atom is 0.107 e. The van der Waals surface area contributed by atoms with Gasteiger partial charge in [0, 0.05) is 11.9 Å². The van der Waals surface area contributed by atoms with Crippen LogP contribution in [-0.2, 0) is 6.54 Å². The lowest BCUT2D eigenvalue weighted by Crippen LogP contribution is -2.27. The average Bonchev–Trinajstić information content (AvgIpc) is 2.67. The molecule has 1 aliphatic heterocycles. The van der Waals surface area contributed by atoms with Crippen LogP contribution in [0.1, 0.15) is 36.0 Å². The van der Waals surface area contributed by atoms with E-state index in [0.717, 1.165) is 13.1 Å². The van der Waals surface area contributed by atoms with Crippen LogP contribution in [0.4, 0.5) is 0 Å². The third-order valence-electron chi connectivity index (χ3n) is 2.69. The highest BCUT2D eigenvalue weighted by atomic mass is 32.1. The fourth-order valence-corrected chi connectivity index (χ4v) is 2.90. The van der Waals surface area contributed by atoms with Gasteiger partial charge in [-0.1, -0.05) is 6.42 Å². The molecule has 3 nitrogen and oxygen atoms in total. The van der Waals surface area contributed by atoms with Crippen LogP contribution in [0.15, 0.2) is 5.38 Å². The Kier molecular flexibility index (Phi) is 3.72. The van der Waals surface area contributed by atoms with Crippen molar-refractivity contribution in [3.63, 3.8) is 0 Å². The van der Waals surface area contributed by atoms with Gasteiger partial charge in [0.25, 0.3) is 0 Å². The minimum Gasteiger partial charge on any atom is -0.309 e. The molecule has 4 heteroatoms. The van der Waals surface area contributed by atoms with Crippen molar-refractivity contribution in [1.29, 1.82) is 0 Å². The Hall–Kier alpha value is -0.450. The molecule has 15 heavy (non-hydrogen) atoms. The monoisotopic (exact) mass is 225 g/mol. The van der Waals surface area contributed by atoms with Crippen molar-refractivity contribution in [2.45, 2.75) is 31.8 Å². The molecular weight excluding hydrogens is 206 g/mol. The van der Waals surface area contributed by atoms with E-state index in [9.17, 15) is 0 Å². The molecule has 0 amide bonds. The fourth-order valence-electron chi connectivity index (χ4n) is 1.93. The second-order valence-corrected chi connectivity index (χ2v) is 5.35. The van der Waals surface area contributed by atoms with E-state index in [1.807, 2.05) is 0 Å². The summed E-state index contributed by atoms with van der Waals surface area (Å²) in [4.78, 5) is 6.85. The van der Waals surface area contributed by atoms with Crippen molar-refractivity contribution in [2.75, 3.05) is 20.6 Å². The first-order valence-electron chi connectivity index (χ1n) is 5.58. The zero-order valence-corrected chi connectivity index (χ0v) is 10.3. The van der Waals surface area contributed by atoms with Crippen LogP contribution in [0, 0.1) is 0 Å². The van der Waals surface area contributed by atoms with Gasteiger partial charge in [0.1, 0.15) is 5.01 Å². The van der Waals surface area contributed by atoms with E-state index in [1.165, 1.54) is 30.0 Å². The van der Waals surface area contributed by atoms with Gasteiger partial charge in [-0.05, 0) is 33.5 Å². The summed E-state index contributed by atoms with van der Waals surface area (Å²) in [6.07, 6.45) is 3.88. The van der Waals surface area contributed by atoms with Gasteiger partial charge in [-0.3, -0.25) is 0 Å². The number of thiazole rings is 1. The summed E-state index contributed by atoms with van der Waals surface area (Å²) < 4.78 is 0. The maximum atomic E-state index is 4.69. The molecule has 2 rings (SSSR count). The molecule has 0 bridgehead atoms. The number of aromatic nitrogens is 1. The molecule has 1 aliphatic rings. The van der Waals surface area contributed by atoms with E-state index in [1.54, 1.807) is 11.3 Å². The molecule has 1 fully saturated rings. The van der Waals surface area contributed by atoms with Gasteiger partial charge in [-0.15, -0.1) is 11.3 Å². The lowest BCUT2D eigenvalue weighted by molar-refractivity contribution is 0.392. The molecule has 1 aromatic heterocycles. The van der Waals surface area contributed by atoms with Crippen molar-refractivity contribution in [3.8, 4) is 0 Å². The van der Waals surface area contributed by atoms with E-state index in [-0.39, 0.29) is 0 Å². The molecule has 0 aromatic carbocycles.